The predicted molar refractivity (Wildman–Crippen MR) is 108 cm³/mol. The van der Waals surface area contributed by atoms with E-state index in [-0.39, 0.29) is 11.9 Å². The molecule has 1 amide bonds. The van der Waals surface area contributed by atoms with E-state index in [1.807, 2.05) is 49.4 Å². The summed E-state index contributed by atoms with van der Waals surface area (Å²) in [7, 11) is 1.62. The fourth-order valence-corrected chi connectivity index (χ4v) is 3.45. The summed E-state index contributed by atoms with van der Waals surface area (Å²) in [6, 6.07) is 13.3. The number of hydrogen-bond donors (Lipinski definition) is 1. The zero-order chi connectivity index (χ0) is 19.4. The average Bonchev–Trinajstić information content (AvgIpc) is 3.48. The van der Waals surface area contributed by atoms with Crippen molar-refractivity contribution in [1.29, 1.82) is 0 Å². The molecule has 0 aliphatic heterocycles. The van der Waals surface area contributed by atoms with Crippen LogP contribution in [0.3, 0.4) is 0 Å². The molecule has 4 nitrogen and oxygen atoms in total. The highest BCUT2D eigenvalue weighted by atomic mass is 35.5. The molecule has 1 N–H and O–H groups in total. The maximum absolute atomic E-state index is 13.0. The number of carbonyl (C=O) groups is 1. The van der Waals surface area contributed by atoms with Crippen LogP contribution in [0.15, 0.2) is 42.5 Å². The van der Waals surface area contributed by atoms with Gasteiger partial charge in [0.25, 0.3) is 0 Å². The molecule has 0 spiro atoms. The third-order valence-electron chi connectivity index (χ3n) is 5.06. The topological polar surface area (TPSA) is 47.6 Å². The molecule has 0 radical (unpaired) electrons. The summed E-state index contributed by atoms with van der Waals surface area (Å²) < 4.78 is 11.1. The van der Waals surface area contributed by atoms with Gasteiger partial charge in [-0.15, -0.1) is 0 Å². The Bertz CT molecular complexity index is 817. The number of ether oxygens (including phenoxy) is 2. The van der Waals surface area contributed by atoms with Gasteiger partial charge in [0.05, 0.1) is 25.2 Å². The van der Waals surface area contributed by atoms with Crippen LogP contribution in [0.1, 0.15) is 50.3 Å². The molecule has 1 aliphatic rings. The lowest BCUT2D eigenvalue weighted by molar-refractivity contribution is -0.124. The average molecular weight is 388 g/mol. The van der Waals surface area contributed by atoms with E-state index in [2.05, 4.69) is 12.2 Å². The van der Waals surface area contributed by atoms with Gasteiger partial charge >= 0.3 is 0 Å². The first-order valence-electron chi connectivity index (χ1n) is 9.38. The summed E-state index contributed by atoms with van der Waals surface area (Å²) in [5.74, 6) is 1.44. The van der Waals surface area contributed by atoms with Crippen LogP contribution in [0.5, 0.6) is 11.5 Å². The Morgan fingerprint density at radius 2 is 2.00 bits per heavy atom. The van der Waals surface area contributed by atoms with Crippen LogP contribution in [0.2, 0.25) is 5.02 Å². The summed E-state index contributed by atoms with van der Waals surface area (Å²) in [4.78, 5) is 13.0. The number of amides is 1. The van der Waals surface area contributed by atoms with Gasteiger partial charge in [-0.25, -0.2) is 0 Å². The van der Waals surface area contributed by atoms with Gasteiger partial charge < -0.3 is 14.8 Å². The Balaban J connectivity index is 1.73. The molecular formula is C22H26ClNO3. The molecule has 1 saturated carbocycles. The minimum absolute atomic E-state index is 0.0440. The van der Waals surface area contributed by atoms with Crippen LogP contribution in [-0.2, 0) is 10.2 Å². The van der Waals surface area contributed by atoms with E-state index < -0.39 is 5.41 Å². The molecular weight excluding hydrogens is 362 g/mol. The Labute approximate surface area is 165 Å². The molecule has 2 aromatic carbocycles. The summed E-state index contributed by atoms with van der Waals surface area (Å²) in [6.45, 7) is 4.68. The molecule has 1 aliphatic carbocycles. The maximum atomic E-state index is 13.0. The first kappa shape index (κ1) is 19.6. The molecule has 2 aromatic rings. The zero-order valence-corrected chi connectivity index (χ0v) is 16.8. The number of halogens is 1. The third-order valence-corrected chi connectivity index (χ3v) is 5.29. The van der Waals surface area contributed by atoms with Crippen LogP contribution >= 0.6 is 11.6 Å². The first-order valence-corrected chi connectivity index (χ1v) is 9.75. The first-order chi connectivity index (χ1) is 13.0. The molecule has 0 saturated heterocycles. The van der Waals surface area contributed by atoms with Gasteiger partial charge in [-0.2, -0.15) is 0 Å². The Hall–Kier alpha value is -2.20. The van der Waals surface area contributed by atoms with E-state index in [0.29, 0.717) is 17.4 Å². The summed E-state index contributed by atoms with van der Waals surface area (Å²) in [5, 5.41) is 3.81. The van der Waals surface area contributed by atoms with Crippen molar-refractivity contribution in [3.63, 3.8) is 0 Å². The molecule has 0 heterocycles. The van der Waals surface area contributed by atoms with Crippen LogP contribution < -0.4 is 14.8 Å². The van der Waals surface area contributed by atoms with Crippen molar-refractivity contribution in [3.8, 4) is 11.5 Å². The largest absolute Gasteiger partial charge is 0.493 e. The molecule has 27 heavy (non-hydrogen) atoms. The summed E-state index contributed by atoms with van der Waals surface area (Å²) in [5.41, 5.74) is 1.51. The SMILES string of the molecule is CCCOc1ccc(C(C)NC(=O)C2(c3cccc(Cl)c3)CC2)cc1OC. The van der Waals surface area contributed by atoms with E-state index in [4.69, 9.17) is 21.1 Å². The van der Waals surface area contributed by atoms with Gasteiger partial charge in [-0.05, 0) is 61.6 Å². The summed E-state index contributed by atoms with van der Waals surface area (Å²) >= 11 is 6.11. The highest BCUT2D eigenvalue weighted by molar-refractivity contribution is 6.30. The second-order valence-corrected chi connectivity index (χ2v) is 7.48. The minimum atomic E-state index is -0.451. The van der Waals surface area contributed by atoms with Crippen molar-refractivity contribution in [3.05, 3.63) is 58.6 Å². The second-order valence-electron chi connectivity index (χ2n) is 7.05. The van der Waals surface area contributed by atoms with Crippen molar-refractivity contribution in [2.24, 2.45) is 0 Å². The van der Waals surface area contributed by atoms with Crippen LogP contribution in [0.25, 0.3) is 0 Å². The predicted octanol–water partition coefficient (Wildman–Crippen LogP) is 5.05. The lowest BCUT2D eigenvalue weighted by atomic mass is 9.94. The molecule has 144 valence electrons. The molecule has 1 fully saturated rings. The number of nitrogens with one attached hydrogen (secondary N) is 1. The Kier molecular flexibility index (Phi) is 5.95. The van der Waals surface area contributed by atoms with E-state index >= 15 is 0 Å². The van der Waals surface area contributed by atoms with Gasteiger partial charge in [0.1, 0.15) is 0 Å². The lowest BCUT2D eigenvalue weighted by Gasteiger charge is -2.21. The zero-order valence-electron chi connectivity index (χ0n) is 16.0. The van der Waals surface area contributed by atoms with Crippen LogP contribution in [-0.4, -0.2) is 19.6 Å². The number of hydrogen-bond acceptors (Lipinski definition) is 3. The van der Waals surface area contributed by atoms with E-state index in [0.717, 1.165) is 36.1 Å². The monoisotopic (exact) mass is 387 g/mol. The van der Waals surface area contributed by atoms with Crippen molar-refractivity contribution in [2.45, 2.75) is 44.6 Å². The van der Waals surface area contributed by atoms with Gasteiger partial charge in [0.2, 0.25) is 5.91 Å². The lowest BCUT2D eigenvalue weighted by Crippen LogP contribution is -2.36. The van der Waals surface area contributed by atoms with E-state index in [1.54, 1.807) is 7.11 Å². The molecule has 0 bridgehead atoms. The van der Waals surface area contributed by atoms with Gasteiger partial charge in [-0.3, -0.25) is 4.79 Å². The fourth-order valence-electron chi connectivity index (χ4n) is 3.26. The third kappa shape index (κ3) is 4.22. The second kappa shape index (κ2) is 8.22. The number of carbonyl (C=O) groups excluding carboxylic acids is 1. The van der Waals surface area contributed by atoms with Gasteiger partial charge in [0.15, 0.2) is 11.5 Å². The quantitative estimate of drug-likeness (QED) is 0.689. The standard InChI is InChI=1S/C22H26ClNO3/c1-4-12-27-19-9-8-16(13-20(19)26-3)15(2)24-21(25)22(10-11-22)17-6-5-7-18(23)14-17/h5-9,13-15H,4,10-12H2,1-3H3,(H,24,25). The molecule has 1 unspecified atom stereocenters. The molecule has 5 heteroatoms. The number of methoxy groups -OCH3 is 1. The summed E-state index contributed by atoms with van der Waals surface area (Å²) in [6.07, 6.45) is 2.63. The van der Waals surface area contributed by atoms with Crippen LogP contribution in [0, 0.1) is 0 Å². The van der Waals surface area contributed by atoms with E-state index in [1.165, 1.54) is 0 Å². The highest BCUT2D eigenvalue weighted by Crippen LogP contribution is 2.49. The highest BCUT2D eigenvalue weighted by Gasteiger charge is 2.51. The molecule has 3 rings (SSSR count). The van der Waals surface area contributed by atoms with Crippen molar-refractivity contribution in [1.82, 2.24) is 5.32 Å². The van der Waals surface area contributed by atoms with Crippen molar-refractivity contribution >= 4 is 17.5 Å². The van der Waals surface area contributed by atoms with Crippen LogP contribution in [0.4, 0.5) is 0 Å². The minimum Gasteiger partial charge on any atom is -0.493 e. The Morgan fingerprint density at radius 3 is 2.63 bits per heavy atom. The Morgan fingerprint density at radius 1 is 1.22 bits per heavy atom. The van der Waals surface area contributed by atoms with Crippen molar-refractivity contribution < 1.29 is 14.3 Å². The smallest absolute Gasteiger partial charge is 0.231 e. The van der Waals surface area contributed by atoms with Gasteiger partial charge in [-0.1, -0.05) is 36.7 Å². The normalized spacial score (nSPS) is 15.7. The number of rotatable bonds is 8. The maximum Gasteiger partial charge on any atom is 0.231 e. The number of benzene rings is 2. The van der Waals surface area contributed by atoms with Crippen molar-refractivity contribution in [2.75, 3.05) is 13.7 Å². The fraction of sp³-hybridized carbons (Fsp3) is 0.409. The van der Waals surface area contributed by atoms with E-state index in [9.17, 15) is 4.79 Å². The molecule has 1 atom stereocenters. The van der Waals surface area contributed by atoms with Gasteiger partial charge in [0, 0.05) is 5.02 Å². The molecule has 0 aromatic heterocycles.